The predicted molar refractivity (Wildman–Crippen MR) is 64.9 cm³/mol. The lowest BCUT2D eigenvalue weighted by Gasteiger charge is -2.40. The van der Waals surface area contributed by atoms with E-state index in [0.717, 1.165) is 25.7 Å². The van der Waals surface area contributed by atoms with Crippen molar-refractivity contribution in [3.05, 3.63) is 23.8 Å². The second-order valence-electron chi connectivity index (χ2n) is 4.80. The average molecular weight is 248 g/mol. The summed E-state index contributed by atoms with van der Waals surface area (Å²) in [6, 6.07) is 5.27. The number of rotatable bonds is 1. The smallest absolute Gasteiger partial charge is 0.345 e. The summed E-state index contributed by atoms with van der Waals surface area (Å²) >= 11 is 0. The van der Waals surface area contributed by atoms with Gasteiger partial charge >= 0.3 is 5.97 Å². The standard InChI is InChI=1S/C14H16O4/c1-16-11-7-5-6-10-12(11)17-14(18-13(10)15)8-3-2-4-9-14/h5-7H,2-4,8-9H2,1H3. The van der Waals surface area contributed by atoms with Crippen molar-refractivity contribution in [3.8, 4) is 11.5 Å². The van der Waals surface area contributed by atoms with Crippen LogP contribution < -0.4 is 9.47 Å². The highest BCUT2D eigenvalue weighted by Crippen LogP contribution is 2.43. The van der Waals surface area contributed by atoms with Crippen LogP contribution in [0.5, 0.6) is 11.5 Å². The Bertz CT molecular complexity index is 475. The van der Waals surface area contributed by atoms with E-state index in [-0.39, 0.29) is 5.97 Å². The summed E-state index contributed by atoms with van der Waals surface area (Å²) in [5.74, 6) is 0.0426. The van der Waals surface area contributed by atoms with Crippen molar-refractivity contribution in [2.75, 3.05) is 7.11 Å². The van der Waals surface area contributed by atoms with E-state index in [2.05, 4.69) is 0 Å². The Hall–Kier alpha value is -1.71. The number of hydrogen-bond donors (Lipinski definition) is 0. The van der Waals surface area contributed by atoms with Gasteiger partial charge in [0.2, 0.25) is 0 Å². The van der Waals surface area contributed by atoms with Crippen molar-refractivity contribution in [2.24, 2.45) is 0 Å². The molecule has 18 heavy (non-hydrogen) atoms. The Kier molecular flexibility index (Phi) is 2.65. The first-order valence-corrected chi connectivity index (χ1v) is 6.33. The molecule has 2 aliphatic rings. The highest BCUT2D eigenvalue weighted by atomic mass is 16.7. The fraction of sp³-hybridized carbons (Fsp3) is 0.500. The van der Waals surface area contributed by atoms with E-state index in [1.54, 1.807) is 25.3 Å². The van der Waals surface area contributed by atoms with Crippen molar-refractivity contribution in [1.82, 2.24) is 0 Å². The second-order valence-corrected chi connectivity index (χ2v) is 4.80. The number of esters is 1. The first-order chi connectivity index (χ1) is 8.74. The van der Waals surface area contributed by atoms with Gasteiger partial charge in [0.15, 0.2) is 11.5 Å². The number of carbonyl (C=O) groups is 1. The molecule has 1 aromatic rings. The van der Waals surface area contributed by atoms with E-state index in [0.29, 0.717) is 17.1 Å². The summed E-state index contributed by atoms with van der Waals surface area (Å²) in [4.78, 5) is 12.1. The van der Waals surface area contributed by atoms with Crippen LogP contribution in [0.1, 0.15) is 42.5 Å². The average Bonchev–Trinajstić information content (AvgIpc) is 2.39. The lowest BCUT2D eigenvalue weighted by molar-refractivity contribution is -0.173. The van der Waals surface area contributed by atoms with Gasteiger partial charge in [-0.05, 0) is 25.0 Å². The molecule has 0 N–H and O–H groups in total. The summed E-state index contributed by atoms with van der Waals surface area (Å²) in [6.07, 6.45) is 4.74. The number of fused-ring (bicyclic) bond motifs is 1. The minimum absolute atomic E-state index is 0.308. The minimum Gasteiger partial charge on any atom is -0.493 e. The van der Waals surface area contributed by atoms with Gasteiger partial charge in [0.25, 0.3) is 5.79 Å². The van der Waals surface area contributed by atoms with Crippen molar-refractivity contribution in [3.63, 3.8) is 0 Å². The van der Waals surface area contributed by atoms with E-state index >= 15 is 0 Å². The van der Waals surface area contributed by atoms with Crippen LogP contribution in [-0.4, -0.2) is 18.9 Å². The first kappa shape index (κ1) is 11.4. The highest BCUT2D eigenvalue weighted by molar-refractivity contribution is 5.94. The molecule has 4 heteroatoms. The summed E-state index contributed by atoms with van der Waals surface area (Å²) in [7, 11) is 1.58. The molecule has 1 aliphatic heterocycles. The van der Waals surface area contributed by atoms with Crippen LogP contribution in [0.4, 0.5) is 0 Å². The zero-order valence-electron chi connectivity index (χ0n) is 10.4. The molecule has 0 aromatic heterocycles. The maximum Gasteiger partial charge on any atom is 0.345 e. The van der Waals surface area contributed by atoms with E-state index in [4.69, 9.17) is 14.2 Å². The third kappa shape index (κ3) is 1.72. The van der Waals surface area contributed by atoms with Crippen LogP contribution in [-0.2, 0) is 4.74 Å². The third-order valence-electron chi connectivity index (χ3n) is 3.60. The lowest BCUT2D eigenvalue weighted by Crippen LogP contribution is -2.46. The molecule has 0 saturated heterocycles. The van der Waals surface area contributed by atoms with Gasteiger partial charge < -0.3 is 14.2 Å². The Morgan fingerprint density at radius 1 is 1.17 bits per heavy atom. The zero-order chi connectivity index (χ0) is 12.6. The molecule has 1 aromatic carbocycles. The van der Waals surface area contributed by atoms with Crippen LogP contribution >= 0.6 is 0 Å². The van der Waals surface area contributed by atoms with Crippen LogP contribution in [0.25, 0.3) is 0 Å². The molecule has 0 atom stereocenters. The normalized spacial score (nSPS) is 20.8. The molecule has 1 heterocycles. The summed E-state index contributed by atoms with van der Waals surface area (Å²) in [6.45, 7) is 0. The molecule has 96 valence electrons. The number of methoxy groups -OCH3 is 1. The summed E-state index contributed by atoms with van der Waals surface area (Å²) in [5, 5.41) is 0. The van der Waals surface area contributed by atoms with E-state index in [1.165, 1.54) is 6.42 Å². The van der Waals surface area contributed by atoms with Gasteiger partial charge in [0.1, 0.15) is 5.56 Å². The second kappa shape index (κ2) is 4.19. The summed E-state index contributed by atoms with van der Waals surface area (Å²) in [5.41, 5.74) is 0.450. The van der Waals surface area contributed by atoms with Gasteiger partial charge in [-0.15, -0.1) is 0 Å². The molecule has 3 rings (SSSR count). The molecule has 1 spiro atoms. The fourth-order valence-corrected chi connectivity index (χ4v) is 2.67. The van der Waals surface area contributed by atoms with Crippen molar-refractivity contribution < 1.29 is 19.0 Å². The van der Waals surface area contributed by atoms with Crippen LogP contribution in [0, 0.1) is 0 Å². The number of carbonyl (C=O) groups excluding carboxylic acids is 1. The number of hydrogen-bond acceptors (Lipinski definition) is 4. The number of ether oxygens (including phenoxy) is 3. The number of benzene rings is 1. The maximum absolute atomic E-state index is 12.1. The van der Waals surface area contributed by atoms with Gasteiger partial charge in [0.05, 0.1) is 7.11 Å². The predicted octanol–water partition coefficient (Wildman–Crippen LogP) is 2.90. The maximum atomic E-state index is 12.1. The van der Waals surface area contributed by atoms with Crippen molar-refractivity contribution in [2.45, 2.75) is 37.9 Å². The number of para-hydroxylation sites is 1. The van der Waals surface area contributed by atoms with Gasteiger partial charge in [-0.1, -0.05) is 12.5 Å². The van der Waals surface area contributed by atoms with Crippen molar-refractivity contribution >= 4 is 5.97 Å². The fourth-order valence-electron chi connectivity index (χ4n) is 2.67. The summed E-state index contributed by atoms with van der Waals surface area (Å²) < 4.78 is 16.8. The van der Waals surface area contributed by atoms with Gasteiger partial charge in [0, 0.05) is 12.8 Å². The molecular weight excluding hydrogens is 232 g/mol. The van der Waals surface area contributed by atoms with Crippen LogP contribution in [0.2, 0.25) is 0 Å². The largest absolute Gasteiger partial charge is 0.493 e. The third-order valence-corrected chi connectivity index (χ3v) is 3.60. The molecular formula is C14H16O4. The van der Waals surface area contributed by atoms with Crippen molar-refractivity contribution in [1.29, 1.82) is 0 Å². The Labute approximate surface area is 106 Å². The van der Waals surface area contributed by atoms with E-state index in [1.807, 2.05) is 0 Å². The highest BCUT2D eigenvalue weighted by Gasteiger charge is 2.44. The van der Waals surface area contributed by atoms with Gasteiger partial charge in [-0.25, -0.2) is 4.79 Å². The zero-order valence-corrected chi connectivity index (χ0v) is 10.4. The first-order valence-electron chi connectivity index (χ1n) is 6.33. The molecule has 0 bridgehead atoms. The lowest BCUT2D eigenvalue weighted by atomic mass is 9.93. The molecule has 0 amide bonds. The Balaban J connectivity index is 2.02. The van der Waals surface area contributed by atoms with E-state index < -0.39 is 5.79 Å². The van der Waals surface area contributed by atoms with Crippen LogP contribution in [0.3, 0.4) is 0 Å². The molecule has 0 unspecified atom stereocenters. The Morgan fingerprint density at radius 3 is 2.67 bits per heavy atom. The molecule has 4 nitrogen and oxygen atoms in total. The SMILES string of the molecule is COc1cccc2c1OC1(CCCCC1)OC2=O. The van der Waals surface area contributed by atoms with Gasteiger partial charge in [-0.2, -0.15) is 0 Å². The minimum atomic E-state index is -0.767. The quantitative estimate of drug-likeness (QED) is 0.717. The van der Waals surface area contributed by atoms with E-state index in [9.17, 15) is 4.79 Å². The Morgan fingerprint density at radius 2 is 1.94 bits per heavy atom. The van der Waals surface area contributed by atoms with Crippen LogP contribution in [0.15, 0.2) is 18.2 Å². The molecule has 0 radical (unpaired) electrons. The topological polar surface area (TPSA) is 44.8 Å². The molecule has 1 aliphatic carbocycles. The molecule has 1 saturated carbocycles. The van der Waals surface area contributed by atoms with Gasteiger partial charge in [-0.3, -0.25) is 0 Å². The molecule has 1 fully saturated rings. The monoisotopic (exact) mass is 248 g/mol.